The van der Waals surface area contributed by atoms with Crippen LogP contribution in [0.1, 0.15) is 5.56 Å². The second-order valence-electron chi connectivity index (χ2n) is 14.9. The lowest BCUT2D eigenvalue weighted by Gasteiger charge is -2.17. The van der Waals surface area contributed by atoms with Gasteiger partial charge in [0, 0.05) is 33.2 Å². The first-order chi connectivity index (χ1) is 28.2. The predicted molar refractivity (Wildman–Crippen MR) is 235 cm³/mol. The summed E-state index contributed by atoms with van der Waals surface area (Å²) < 4.78 is 2.32. The van der Waals surface area contributed by atoms with E-state index in [2.05, 4.69) is 162 Å². The highest BCUT2D eigenvalue weighted by Gasteiger charge is 2.21. The van der Waals surface area contributed by atoms with Crippen LogP contribution in [0.2, 0.25) is 0 Å². The first kappa shape index (κ1) is 31.5. The van der Waals surface area contributed by atoms with E-state index in [0.29, 0.717) is 11.4 Å². The molecule has 0 bridgehead atoms. The third-order valence-electron chi connectivity index (χ3n) is 11.7. The Kier molecular flexibility index (Phi) is 6.66. The molecule has 0 radical (unpaired) electrons. The molecule has 0 saturated carbocycles. The van der Waals surface area contributed by atoms with E-state index in [0.717, 1.165) is 61.1 Å². The van der Waals surface area contributed by atoms with Crippen molar-refractivity contribution in [1.82, 2.24) is 14.5 Å². The highest BCUT2D eigenvalue weighted by Crippen LogP contribution is 2.45. The van der Waals surface area contributed by atoms with E-state index in [1.54, 1.807) is 0 Å². The average molecular weight is 723 g/mol. The molecule has 2 heterocycles. The Morgan fingerprint density at radius 3 is 1.53 bits per heavy atom. The molecule has 0 unspecified atom stereocenters. The zero-order valence-corrected chi connectivity index (χ0v) is 30.6. The van der Waals surface area contributed by atoms with E-state index in [1.165, 1.54) is 48.7 Å². The lowest BCUT2D eigenvalue weighted by molar-refractivity contribution is 1.18. The Bertz CT molecular complexity index is 3500. The van der Waals surface area contributed by atoms with Gasteiger partial charge in [0.1, 0.15) is 0 Å². The van der Waals surface area contributed by atoms with Gasteiger partial charge in [-0.25, -0.2) is 9.97 Å². The van der Waals surface area contributed by atoms with Crippen molar-refractivity contribution in [2.45, 2.75) is 0 Å². The number of nitriles is 1. The van der Waals surface area contributed by atoms with Crippen molar-refractivity contribution in [3.63, 3.8) is 0 Å². The minimum absolute atomic E-state index is 0.658. The summed E-state index contributed by atoms with van der Waals surface area (Å²) >= 11 is 0. The summed E-state index contributed by atoms with van der Waals surface area (Å²) in [5, 5.41) is 21.8. The molecule has 4 nitrogen and oxygen atoms in total. The summed E-state index contributed by atoms with van der Waals surface area (Å²) in [7, 11) is 0. The van der Waals surface area contributed by atoms with Crippen LogP contribution in [0.15, 0.2) is 182 Å². The topological polar surface area (TPSA) is 54.5 Å². The molecule has 12 rings (SSSR count). The van der Waals surface area contributed by atoms with Crippen molar-refractivity contribution in [3.05, 3.63) is 188 Å². The van der Waals surface area contributed by atoms with Gasteiger partial charge in [0.05, 0.1) is 34.1 Å². The second kappa shape index (κ2) is 12.1. The molecular weight excluding hydrogens is 693 g/mol. The summed E-state index contributed by atoms with van der Waals surface area (Å²) in [5.74, 6) is 0.706. The average Bonchev–Trinajstić information content (AvgIpc) is 3.62. The van der Waals surface area contributed by atoms with Gasteiger partial charge in [-0.3, -0.25) is 0 Å². The maximum Gasteiger partial charge on any atom is 0.161 e. The smallest absolute Gasteiger partial charge is 0.161 e. The van der Waals surface area contributed by atoms with Crippen LogP contribution >= 0.6 is 0 Å². The van der Waals surface area contributed by atoms with Gasteiger partial charge in [-0.05, 0) is 103 Å². The molecule has 2 aromatic heterocycles. The third-order valence-corrected chi connectivity index (χ3v) is 11.7. The summed E-state index contributed by atoms with van der Waals surface area (Å²) in [4.78, 5) is 10.4. The molecule has 0 aliphatic heterocycles. The molecule has 0 aliphatic carbocycles. The lowest BCUT2D eigenvalue weighted by Crippen LogP contribution is -1.97. The quantitative estimate of drug-likeness (QED) is 0.166. The van der Waals surface area contributed by atoms with Gasteiger partial charge in [0.2, 0.25) is 0 Å². The molecule has 0 aliphatic rings. The van der Waals surface area contributed by atoms with Crippen molar-refractivity contribution >= 4 is 64.9 Å². The number of para-hydroxylation sites is 1. The van der Waals surface area contributed by atoms with Gasteiger partial charge >= 0.3 is 0 Å². The summed E-state index contributed by atoms with van der Waals surface area (Å²) in [5.41, 5.74) is 11.1. The van der Waals surface area contributed by atoms with E-state index in [1.807, 2.05) is 30.3 Å². The zero-order valence-electron chi connectivity index (χ0n) is 30.6. The van der Waals surface area contributed by atoms with Crippen LogP contribution in [0.3, 0.4) is 0 Å². The Morgan fingerprint density at radius 2 is 0.912 bits per heavy atom. The standard InChI is InChI=1S/C53H30N4/c54-31-32-26-37-16-17-38-28-39(29-48-52(38)51(37)47(27-32)57(48)40-14-8-3-9-15-40)41-22-18-35-20-24-43-44(25-21-36-19-23-42(41)49(35)50(36)43)53-55-45(33-10-4-1-5-11-33)30-46(56-53)34-12-6-2-7-13-34/h1-30H. The van der Waals surface area contributed by atoms with Crippen molar-refractivity contribution < 1.29 is 0 Å². The van der Waals surface area contributed by atoms with Crippen LogP contribution in [0, 0.1) is 11.3 Å². The molecule has 262 valence electrons. The van der Waals surface area contributed by atoms with E-state index >= 15 is 0 Å². The molecule has 57 heavy (non-hydrogen) atoms. The molecule has 0 atom stereocenters. The van der Waals surface area contributed by atoms with Crippen molar-refractivity contribution in [2.24, 2.45) is 0 Å². The Balaban J connectivity index is 1.11. The number of aromatic nitrogens is 3. The number of hydrogen-bond donors (Lipinski definition) is 0. The van der Waals surface area contributed by atoms with Crippen LogP contribution in [-0.2, 0) is 0 Å². The SMILES string of the molecule is N#Cc1cc2ccc3cc(-c4ccc5ccc6c(-c7nc(-c8ccccc8)cc(-c8ccccc8)n7)ccc7ccc4c5c76)cc4c3c2c(c1)n4-c1ccccc1. The largest absolute Gasteiger partial charge is 0.309 e. The summed E-state index contributed by atoms with van der Waals surface area (Å²) in [6, 6.07) is 66.7. The monoisotopic (exact) mass is 722 g/mol. The van der Waals surface area contributed by atoms with E-state index in [4.69, 9.17) is 9.97 Å². The molecule has 4 heteroatoms. The summed E-state index contributed by atoms with van der Waals surface area (Å²) in [6.07, 6.45) is 0. The van der Waals surface area contributed by atoms with Crippen molar-refractivity contribution in [2.75, 3.05) is 0 Å². The zero-order chi connectivity index (χ0) is 37.6. The molecule has 0 spiro atoms. The molecule has 10 aromatic carbocycles. The van der Waals surface area contributed by atoms with Crippen LogP contribution < -0.4 is 0 Å². The van der Waals surface area contributed by atoms with Gasteiger partial charge in [-0.2, -0.15) is 5.26 Å². The fourth-order valence-corrected chi connectivity index (χ4v) is 9.17. The third kappa shape index (κ3) is 4.73. The van der Waals surface area contributed by atoms with Crippen LogP contribution in [0.4, 0.5) is 0 Å². The van der Waals surface area contributed by atoms with Crippen LogP contribution in [0.25, 0.3) is 116 Å². The van der Waals surface area contributed by atoms with Crippen molar-refractivity contribution in [3.8, 4) is 56.8 Å². The van der Waals surface area contributed by atoms with E-state index in [9.17, 15) is 5.26 Å². The van der Waals surface area contributed by atoms with Gasteiger partial charge in [0.25, 0.3) is 0 Å². The van der Waals surface area contributed by atoms with E-state index in [-0.39, 0.29) is 0 Å². The highest BCUT2D eigenvalue weighted by molar-refractivity contribution is 6.29. The normalized spacial score (nSPS) is 11.8. The molecule has 0 amide bonds. The second-order valence-corrected chi connectivity index (χ2v) is 14.9. The molecule has 12 aromatic rings. The number of hydrogen-bond acceptors (Lipinski definition) is 3. The molecular formula is C53H30N4. The maximum atomic E-state index is 9.99. The summed E-state index contributed by atoms with van der Waals surface area (Å²) in [6.45, 7) is 0. The van der Waals surface area contributed by atoms with Gasteiger partial charge in [-0.15, -0.1) is 0 Å². The minimum atomic E-state index is 0.658. The Hall–Kier alpha value is -7.87. The van der Waals surface area contributed by atoms with Crippen LogP contribution in [0.5, 0.6) is 0 Å². The minimum Gasteiger partial charge on any atom is -0.309 e. The lowest BCUT2D eigenvalue weighted by atomic mass is 9.87. The fraction of sp³-hybridized carbons (Fsp3) is 0. The van der Waals surface area contributed by atoms with Crippen LogP contribution in [-0.4, -0.2) is 14.5 Å². The molecule has 0 fully saturated rings. The molecule has 0 saturated heterocycles. The number of rotatable bonds is 5. The fourth-order valence-electron chi connectivity index (χ4n) is 9.17. The van der Waals surface area contributed by atoms with E-state index < -0.39 is 0 Å². The Labute approximate surface area is 327 Å². The number of benzene rings is 10. The first-order valence-corrected chi connectivity index (χ1v) is 19.2. The molecule has 0 N–H and O–H groups in total. The van der Waals surface area contributed by atoms with Gasteiger partial charge < -0.3 is 4.57 Å². The number of nitrogens with zero attached hydrogens (tertiary/aromatic N) is 4. The highest BCUT2D eigenvalue weighted by atomic mass is 15.0. The Morgan fingerprint density at radius 1 is 0.404 bits per heavy atom. The predicted octanol–water partition coefficient (Wildman–Crippen LogP) is 13.6. The first-order valence-electron chi connectivity index (χ1n) is 19.2. The maximum absolute atomic E-state index is 9.99. The van der Waals surface area contributed by atoms with Gasteiger partial charge in [0.15, 0.2) is 5.82 Å². The van der Waals surface area contributed by atoms with Gasteiger partial charge in [-0.1, -0.05) is 133 Å². The van der Waals surface area contributed by atoms with Crippen molar-refractivity contribution in [1.29, 1.82) is 5.26 Å².